The van der Waals surface area contributed by atoms with E-state index in [0.717, 1.165) is 41.2 Å². The maximum Gasteiger partial charge on any atom is 0.226 e. The molecular weight excluding hydrogens is 352 g/mol. The van der Waals surface area contributed by atoms with Crippen molar-refractivity contribution in [2.45, 2.75) is 19.4 Å². The number of carbonyl (C=O) groups excluding carboxylic acids is 2. The monoisotopic (exact) mass is 372 g/mol. The highest BCUT2D eigenvalue weighted by atomic mass is 16.2. The van der Waals surface area contributed by atoms with Gasteiger partial charge in [-0.1, -0.05) is 18.2 Å². The van der Waals surface area contributed by atoms with Gasteiger partial charge in [0.25, 0.3) is 0 Å². The van der Waals surface area contributed by atoms with E-state index < -0.39 is 0 Å². The number of anilines is 2. The third-order valence-corrected chi connectivity index (χ3v) is 5.29. The highest BCUT2D eigenvalue weighted by molar-refractivity contribution is 6.09. The zero-order chi connectivity index (χ0) is 19.1. The van der Waals surface area contributed by atoms with Gasteiger partial charge in [-0.15, -0.1) is 0 Å². The number of benzene rings is 1. The van der Waals surface area contributed by atoms with Gasteiger partial charge in [0.1, 0.15) is 0 Å². The average molecular weight is 372 g/mol. The Hall–Kier alpha value is -3.41. The van der Waals surface area contributed by atoms with Crippen molar-refractivity contribution in [1.29, 1.82) is 0 Å². The molecule has 0 bridgehead atoms. The molecule has 0 unspecified atom stereocenters. The van der Waals surface area contributed by atoms with Crippen molar-refractivity contribution >= 4 is 23.1 Å². The summed E-state index contributed by atoms with van der Waals surface area (Å²) in [7, 11) is 0. The Labute approximate surface area is 162 Å². The Balaban J connectivity index is 1.59. The van der Waals surface area contributed by atoms with Crippen LogP contribution >= 0.6 is 0 Å². The molecule has 3 aromatic rings. The quantitative estimate of drug-likeness (QED) is 0.731. The zero-order valence-electron chi connectivity index (χ0n) is 15.3. The van der Waals surface area contributed by atoms with Gasteiger partial charge in [0, 0.05) is 35.3 Å². The number of H-pyrrole nitrogens is 1. The predicted octanol–water partition coefficient (Wildman–Crippen LogP) is 3.76. The Morgan fingerprint density at radius 2 is 1.82 bits per heavy atom. The second-order valence-corrected chi connectivity index (χ2v) is 7.35. The molecular formula is C22H20N4O2. The maximum atomic E-state index is 13.0. The standard InChI is InChI=1S/C22H20N4O2/c27-18-13-26(22(28)15-6-7-15)12-17-19(18)21(24-16-4-2-1-3-5-16)20(25-17)14-8-10-23-11-9-14/h1-5,8-11,15,24-25H,6-7,12-13H2. The van der Waals surface area contributed by atoms with Gasteiger partial charge in [0.2, 0.25) is 5.91 Å². The van der Waals surface area contributed by atoms with Crippen LogP contribution in [0.15, 0.2) is 54.9 Å². The fourth-order valence-corrected chi connectivity index (χ4v) is 3.75. The van der Waals surface area contributed by atoms with Gasteiger partial charge >= 0.3 is 0 Å². The predicted molar refractivity (Wildman–Crippen MR) is 106 cm³/mol. The minimum atomic E-state index is -0.0368. The molecule has 1 amide bonds. The van der Waals surface area contributed by atoms with Crippen LogP contribution in [0.3, 0.4) is 0 Å². The van der Waals surface area contributed by atoms with Crippen molar-refractivity contribution in [1.82, 2.24) is 14.9 Å². The number of nitrogens with zero attached hydrogens (tertiary/aromatic N) is 2. The second kappa shape index (κ2) is 6.64. The molecule has 140 valence electrons. The van der Waals surface area contributed by atoms with Crippen LogP contribution in [0.25, 0.3) is 11.3 Å². The van der Waals surface area contributed by atoms with Crippen molar-refractivity contribution in [2.24, 2.45) is 5.92 Å². The normalized spacial score (nSPS) is 16.0. The first-order valence-electron chi connectivity index (χ1n) is 9.50. The first-order valence-corrected chi connectivity index (χ1v) is 9.50. The number of amides is 1. The van der Waals surface area contributed by atoms with Gasteiger partial charge in [-0.3, -0.25) is 14.6 Å². The van der Waals surface area contributed by atoms with Crippen molar-refractivity contribution in [3.8, 4) is 11.3 Å². The number of fused-ring (bicyclic) bond motifs is 1. The fraction of sp³-hybridized carbons (Fsp3) is 0.227. The molecule has 1 aromatic carbocycles. The number of ketones is 1. The van der Waals surface area contributed by atoms with Crippen LogP contribution < -0.4 is 5.32 Å². The molecule has 1 fully saturated rings. The maximum absolute atomic E-state index is 13.0. The van der Waals surface area contributed by atoms with Crippen molar-refractivity contribution in [2.75, 3.05) is 11.9 Å². The first-order chi connectivity index (χ1) is 13.7. The molecule has 3 heterocycles. The number of rotatable bonds is 4. The lowest BCUT2D eigenvalue weighted by Gasteiger charge is -2.26. The summed E-state index contributed by atoms with van der Waals surface area (Å²) in [6.07, 6.45) is 5.33. The Morgan fingerprint density at radius 1 is 1.07 bits per heavy atom. The number of para-hydroxylation sites is 1. The van der Waals surface area contributed by atoms with Crippen LogP contribution in [0, 0.1) is 5.92 Å². The van der Waals surface area contributed by atoms with E-state index in [1.165, 1.54) is 0 Å². The lowest BCUT2D eigenvalue weighted by molar-refractivity contribution is -0.132. The van der Waals surface area contributed by atoms with E-state index in [0.29, 0.717) is 12.1 Å². The van der Waals surface area contributed by atoms with Gasteiger partial charge in [-0.05, 0) is 37.1 Å². The number of carbonyl (C=O) groups is 2. The van der Waals surface area contributed by atoms with E-state index in [-0.39, 0.29) is 24.2 Å². The summed E-state index contributed by atoms with van der Waals surface area (Å²) in [5.74, 6) is 0.160. The van der Waals surface area contributed by atoms with Crippen LogP contribution in [-0.4, -0.2) is 33.1 Å². The summed E-state index contributed by atoms with van der Waals surface area (Å²) in [4.78, 5) is 34.7. The number of aromatic nitrogens is 2. The molecule has 1 saturated carbocycles. The van der Waals surface area contributed by atoms with Gasteiger partial charge in [-0.2, -0.15) is 0 Å². The van der Waals surface area contributed by atoms with E-state index >= 15 is 0 Å². The highest BCUT2D eigenvalue weighted by Gasteiger charge is 2.38. The molecule has 2 N–H and O–H groups in total. The molecule has 1 aliphatic heterocycles. The molecule has 0 radical (unpaired) electrons. The summed E-state index contributed by atoms with van der Waals surface area (Å²) in [6.45, 7) is 0.574. The van der Waals surface area contributed by atoms with Crippen LogP contribution in [0.5, 0.6) is 0 Å². The molecule has 0 atom stereocenters. The molecule has 6 nitrogen and oxygen atoms in total. The summed E-state index contributed by atoms with van der Waals surface area (Å²) in [5.41, 5.74) is 4.88. The molecule has 2 aromatic heterocycles. The minimum absolute atomic E-state index is 0.0368. The Morgan fingerprint density at radius 3 is 2.54 bits per heavy atom. The van der Waals surface area contributed by atoms with Crippen LogP contribution in [0.4, 0.5) is 11.4 Å². The molecule has 6 heteroatoms. The second-order valence-electron chi connectivity index (χ2n) is 7.35. The smallest absolute Gasteiger partial charge is 0.226 e. The van der Waals surface area contributed by atoms with E-state index in [9.17, 15) is 9.59 Å². The van der Waals surface area contributed by atoms with Crippen LogP contribution in [0.2, 0.25) is 0 Å². The van der Waals surface area contributed by atoms with Gasteiger partial charge < -0.3 is 15.2 Å². The Bertz CT molecular complexity index is 1040. The lowest BCUT2D eigenvalue weighted by Crippen LogP contribution is -2.40. The average Bonchev–Trinajstić information content (AvgIpc) is 3.51. The van der Waals surface area contributed by atoms with Crippen LogP contribution in [0.1, 0.15) is 28.9 Å². The van der Waals surface area contributed by atoms with Crippen molar-refractivity contribution < 1.29 is 9.59 Å². The number of hydrogen-bond acceptors (Lipinski definition) is 4. The summed E-state index contributed by atoms with van der Waals surface area (Å²) in [5, 5.41) is 3.41. The number of nitrogens with one attached hydrogen (secondary N) is 2. The van der Waals surface area contributed by atoms with Gasteiger partial charge in [0.15, 0.2) is 5.78 Å². The van der Waals surface area contributed by atoms with Crippen LogP contribution in [-0.2, 0) is 11.3 Å². The third kappa shape index (κ3) is 2.97. The zero-order valence-corrected chi connectivity index (χ0v) is 15.3. The minimum Gasteiger partial charge on any atom is -0.355 e. The topological polar surface area (TPSA) is 78.1 Å². The summed E-state index contributed by atoms with van der Waals surface area (Å²) < 4.78 is 0. The van der Waals surface area contributed by atoms with E-state index in [4.69, 9.17) is 0 Å². The summed E-state index contributed by atoms with van der Waals surface area (Å²) in [6, 6.07) is 13.6. The highest BCUT2D eigenvalue weighted by Crippen LogP contribution is 2.39. The van der Waals surface area contributed by atoms with E-state index in [1.807, 2.05) is 42.5 Å². The fourth-order valence-electron chi connectivity index (χ4n) is 3.75. The lowest BCUT2D eigenvalue weighted by atomic mass is 10.0. The Kier molecular flexibility index (Phi) is 3.97. The molecule has 0 spiro atoms. The molecule has 28 heavy (non-hydrogen) atoms. The number of aromatic amines is 1. The largest absolute Gasteiger partial charge is 0.355 e. The summed E-state index contributed by atoms with van der Waals surface area (Å²) >= 11 is 0. The molecule has 2 aliphatic rings. The number of pyridine rings is 1. The van der Waals surface area contributed by atoms with Gasteiger partial charge in [0.05, 0.1) is 30.0 Å². The third-order valence-electron chi connectivity index (χ3n) is 5.29. The SMILES string of the molecule is O=C1CN(C(=O)C2CC2)Cc2[nH]c(-c3ccncc3)c(Nc3ccccc3)c21. The van der Waals surface area contributed by atoms with Crippen molar-refractivity contribution in [3.05, 3.63) is 66.1 Å². The van der Waals surface area contributed by atoms with E-state index in [2.05, 4.69) is 15.3 Å². The van der Waals surface area contributed by atoms with E-state index in [1.54, 1.807) is 17.3 Å². The molecule has 1 aliphatic carbocycles. The number of hydrogen-bond donors (Lipinski definition) is 2. The molecule has 0 saturated heterocycles. The van der Waals surface area contributed by atoms with Crippen molar-refractivity contribution in [3.63, 3.8) is 0 Å². The number of Topliss-reactive ketones (excluding diaryl/α,β-unsaturated/α-hetero) is 1. The molecule has 5 rings (SSSR count). The van der Waals surface area contributed by atoms with Gasteiger partial charge in [-0.25, -0.2) is 0 Å². The first kappa shape index (κ1) is 16.7.